The van der Waals surface area contributed by atoms with E-state index in [9.17, 15) is 9.59 Å². The van der Waals surface area contributed by atoms with Gasteiger partial charge in [0.05, 0.1) is 26.4 Å². The van der Waals surface area contributed by atoms with E-state index in [1.165, 1.54) is 0 Å². The maximum Gasteiger partial charge on any atom is 0.330 e. The van der Waals surface area contributed by atoms with E-state index in [-0.39, 0.29) is 26.4 Å². The maximum absolute atomic E-state index is 11.9. The molecule has 8 nitrogen and oxygen atoms in total. The second-order valence-electron chi connectivity index (χ2n) is 9.05. The smallest absolute Gasteiger partial charge is 0.330 e. The average molecular weight is 561 g/mol. The van der Waals surface area contributed by atoms with Gasteiger partial charge in [0.25, 0.3) is 0 Å². The number of ether oxygens (including phenoxy) is 6. The molecule has 0 aliphatic heterocycles. The van der Waals surface area contributed by atoms with E-state index in [4.69, 9.17) is 28.4 Å². The van der Waals surface area contributed by atoms with Crippen molar-refractivity contribution in [1.29, 1.82) is 0 Å². The molecule has 0 saturated carbocycles. The number of benzene rings is 3. The van der Waals surface area contributed by atoms with Crippen molar-refractivity contribution < 1.29 is 38.0 Å². The van der Waals surface area contributed by atoms with Crippen molar-refractivity contribution in [2.75, 3.05) is 39.6 Å². The van der Waals surface area contributed by atoms with Crippen molar-refractivity contribution >= 4 is 33.5 Å². The van der Waals surface area contributed by atoms with Gasteiger partial charge in [-0.15, -0.1) is 13.2 Å². The van der Waals surface area contributed by atoms with Crippen LogP contribution in [0.5, 0.6) is 11.5 Å². The van der Waals surface area contributed by atoms with E-state index < -0.39 is 24.1 Å². The normalized spacial score (nSPS) is 12.2. The predicted molar refractivity (Wildman–Crippen MR) is 159 cm³/mol. The summed E-state index contributed by atoms with van der Waals surface area (Å²) in [6, 6.07) is 13.6. The molecule has 0 aliphatic carbocycles. The molecule has 3 aromatic rings. The predicted octanol–water partition coefficient (Wildman–Crippen LogP) is 5.66. The van der Waals surface area contributed by atoms with Gasteiger partial charge in [-0.2, -0.15) is 0 Å². The summed E-state index contributed by atoms with van der Waals surface area (Å²) >= 11 is 0. The molecule has 0 aromatic heterocycles. The monoisotopic (exact) mass is 560 g/mol. The summed E-state index contributed by atoms with van der Waals surface area (Å²) in [6.07, 6.45) is 4.08. The number of rotatable bonds is 18. The lowest BCUT2D eigenvalue weighted by atomic mass is 9.99. The minimum Gasteiger partial charge on any atom is -0.488 e. The third-order valence-corrected chi connectivity index (χ3v) is 5.89. The van der Waals surface area contributed by atoms with Gasteiger partial charge in [-0.3, -0.25) is 0 Å². The van der Waals surface area contributed by atoms with Crippen LogP contribution in [-0.2, 0) is 28.5 Å². The first kappa shape index (κ1) is 31.1. The number of carbonyl (C=O) groups is 2. The van der Waals surface area contributed by atoms with Gasteiger partial charge in [-0.1, -0.05) is 67.3 Å². The summed E-state index contributed by atoms with van der Waals surface area (Å²) in [5.41, 5.74) is 1.02. The summed E-state index contributed by atoms with van der Waals surface area (Å²) in [5.74, 6) is 0.0757. The molecule has 0 N–H and O–H groups in total. The highest BCUT2D eigenvalue weighted by Gasteiger charge is 2.21. The molecule has 41 heavy (non-hydrogen) atoms. The lowest BCUT2D eigenvalue weighted by molar-refractivity contribution is -0.148. The van der Waals surface area contributed by atoms with Gasteiger partial charge in [-0.05, 0) is 13.0 Å². The molecular weight excluding hydrogens is 524 g/mol. The summed E-state index contributed by atoms with van der Waals surface area (Å²) in [4.78, 5) is 23.9. The van der Waals surface area contributed by atoms with Gasteiger partial charge in [0.2, 0.25) is 0 Å². The zero-order chi connectivity index (χ0) is 29.6. The highest BCUT2D eigenvalue weighted by Crippen LogP contribution is 2.43. The first-order valence-electron chi connectivity index (χ1n) is 13.2. The Morgan fingerprint density at radius 3 is 1.61 bits per heavy atom. The quantitative estimate of drug-likeness (QED) is 0.0648. The Kier molecular flexibility index (Phi) is 12.2. The largest absolute Gasteiger partial charge is 0.488 e. The Morgan fingerprint density at radius 1 is 0.683 bits per heavy atom. The Hall–Kier alpha value is -4.40. The van der Waals surface area contributed by atoms with Gasteiger partial charge < -0.3 is 28.4 Å². The maximum atomic E-state index is 11.9. The number of hydrogen-bond donors (Lipinski definition) is 0. The van der Waals surface area contributed by atoms with E-state index in [1.54, 1.807) is 12.2 Å². The lowest BCUT2D eigenvalue weighted by Gasteiger charge is -2.22. The zero-order valence-corrected chi connectivity index (χ0v) is 23.3. The fourth-order valence-electron chi connectivity index (χ4n) is 4.10. The van der Waals surface area contributed by atoms with Gasteiger partial charge in [0, 0.05) is 33.7 Å². The Balaban J connectivity index is 1.99. The standard InChI is InChI=1S/C33H36O8/c1-6-16-36-19-24(40-30(34)8-3)21-38-32-26-12-10-11-13-27(26)33(29-18-23(5)14-15-28(29)32)39-22-25(20-37-17-7-2)41-31(35)9-4/h6-15,18,24-25H,1-4,16-17,19-22H2,5H3. The van der Waals surface area contributed by atoms with E-state index in [0.29, 0.717) is 24.7 Å². The van der Waals surface area contributed by atoms with Crippen LogP contribution in [0.4, 0.5) is 0 Å². The van der Waals surface area contributed by atoms with Crippen molar-refractivity contribution in [3.8, 4) is 11.5 Å². The van der Waals surface area contributed by atoms with Gasteiger partial charge >= 0.3 is 11.9 Å². The molecule has 3 aromatic carbocycles. The first-order chi connectivity index (χ1) is 19.9. The number of esters is 2. The minimum atomic E-state index is -0.675. The van der Waals surface area contributed by atoms with Crippen molar-refractivity contribution in [1.82, 2.24) is 0 Å². The second-order valence-corrected chi connectivity index (χ2v) is 9.05. The van der Waals surface area contributed by atoms with Gasteiger partial charge in [0.15, 0.2) is 12.2 Å². The van der Waals surface area contributed by atoms with Crippen LogP contribution in [0.1, 0.15) is 5.56 Å². The molecule has 0 bridgehead atoms. The molecule has 216 valence electrons. The molecule has 0 heterocycles. The van der Waals surface area contributed by atoms with Crippen molar-refractivity contribution in [2.45, 2.75) is 19.1 Å². The summed E-state index contributed by atoms with van der Waals surface area (Å²) in [6.45, 7) is 17.2. The van der Waals surface area contributed by atoms with Crippen LogP contribution in [0, 0.1) is 6.92 Å². The van der Waals surface area contributed by atoms with Crippen LogP contribution < -0.4 is 9.47 Å². The van der Waals surface area contributed by atoms with Gasteiger partial charge in [-0.25, -0.2) is 9.59 Å². The molecule has 0 aliphatic rings. The minimum absolute atomic E-state index is 0.0458. The number of aryl methyl sites for hydroxylation is 1. The fourth-order valence-corrected chi connectivity index (χ4v) is 4.10. The Morgan fingerprint density at radius 2 is 1.15 bits per heavy atom. The highest BCUT2D eigenvalue weighted by atomic mass is 16.6. The molecule has 0 fully saturated rings. The van der Waals surface area contributed by atoms with Crippen molar-refractivity contribution in [3.63, 3.8) is 0 Å². The first-order valence-corrected chi connectivity index (χ1v) is 13.2. The summed E-state index contributed by atoms with van der Waals surface area (Å²) in [5, 5.41) is 3.20. The second kappa shape index (κ2) is 16.0. The molecule has 0 saturated heterocycles. The molecule has 2 unspecified atom stereocenters. The van der Waals surface area contributed by atoms with E-state index >= 15 is 0 Å². The van der Waals surface area contributed by atoms with Crippen LogP contribution in [-0.4, -0.2) is 63.8 Å². The van der Waals surface area contributed by atoms with Gasteiger partial charge in [0.1, 0.15) is 24.7 Å². The molecule has 0 amide bonds. The zero-order valence-electron chi connectivity index (χ0n) is 23.3. The SMILES string of the molecule is C=CCOCC(COc1c2ccccc2c(OCC(COCC=C)OC(=O)C=C)c2cc(C)ccc12)OC(=O)C=C. The lowest BCUT2D eigenvalue weighted by Crippen LogP contribution is -2.29. The van der Waals surface area contributed by atoms with Crippen LogP contribution in [0.2, 0.25) is 0 Å². The molecular formula is C33H36O8. The van der Waals surface area contributed by atoms with Crippen molar-refractivity contribution in [3.05, 3.63) is 98.6 Å². The highest BCUT2D eigenvalue weighted by molar-refractivity contribution is 6.11. The number of hydrogen-bond acceptors (Lipinski definition) is 8. The summed E-state index contributed by atoms with van der Waals surface area (Å²) in [7, 11) is 0. The van der Waals surface area contributed by atoms with Crippen LogP contribution in [0.15, 0.2) is 93.1 Å². The molecule has 8 heteroatoms. The Bertz CT molecular complexity index is 1390. The van der Waals surface area contributed by atoms with E-state index in [0.717, 1.165) is 39.3 Å². The molecule has 0 radical (unpaired) electrons. The summed E-state index contributed by atoms with van der Waals surface area (Å²) < 4.78 is 34.7. The fraction of sp³-hybridized carbons (Fsp3) is 0.273. The number of fused-ring (bicyclic) bond motifs is 2. The van der Waals surface area contributed by atoms with Crippen LogP contribution in [0.3, 0.4) is 0 Å². The average Bonchev–Trinajstić information content (AvgIpc) is 2.98. The van der Waals surface area contributed by atoms with E-state index in [2.05, 4.69) is 26.3 Å². The third kappa shape index (κ3) is 8.79. The molecule has 3 rings (SSSR count). The molecule has 2 atom stereocenters. The molecule has 0 spiro atoms. The van der Waals surface area contributed by atoms with E-state index in [1.807, 2.05) is 49.4 Å². The Labute approximate surface area is 240 Å². The van der Waals surface area contributed by atoms with Crippen LogP contribution >= 0.6 is 0 Å². The number of carbonyl (C=O) groups excluding carboxylic acids is 2. The van der Waals surface area contributed by atoms with Crippen molar-refractivity contribution in [2.24, 2.45) is 0 Å². The third-order valence-electron chi connectivity index (χ3n) is 5.89. The van der Waals surface area contributed by atoms with Crippen LogP contribution in [0.25, 0.3) is 21.5 Å². The topological polar surface area (TPSA) is 89.5 Å².